The van der Waals surface area contributed by atoms with E-state index in [1.807, 2.05) is 24.3 Å². The first-order chi connectivity index (χ1) is 8.19. The van der Waals surface area contributed by atoms with Crippen LogP contribution in [0.2, 0.25) is 0 Å². The molecule has 0 amide bonds. The van der Waals surface area contributed by atoms with Gasteiger partial charge in [-0.25, -0.2) is 4.99 Å². The molecule has 1 aromatic rings. The summed E-state index contributed by atoms with van der Waals surface area (Å²) in [6, 6.07) is 7.00. The Kier molecular flexibility index (Phi) is 3.27. The molecule has 0 bridgehead atoms. The number of carboxylic acid groups (broad SMARTS) is 1. The maximum atomic E-state index is 10.5. The van der Waals surface area contributed by atoms with E-state index in [0.717, 1.165) is 11.3 Å². The summed E-state index contributed by atoms with van der Waals surface area (Å²) >= 11 is 0. The van der Waals surface area contributed by atoms with E-state index >= 15 is 0 Å². The number of hydrogen-bond acceptors (Lipinski definition) is 4. The van der Waals surface area contributed by atoms with Crippen molar-refractivity contribution in [1.29, 1.82) is 0 Å². The monoisotopic (exact) mass is 235 g/mol. The molecule has 0 radical (unpaired) electrons. The van der Waals surface area contributed by atoms with E-state index in [1.54, 1.807) is 7.11 Å². The first kappa shape index (κ1) is 11.4. The molecule has 1 atom stereocenters. The molecule has 0 saturated carbocycles. The zero-order valence-electron chi connectivity index (χ0n) is 9.42. The van der Waals surface area contributed by atoms with Crippen molar-refractivity contribution in [1.82, 2.24) is 0 Å². The molecule has 5 heteroatoms. The quantitative estimate of drug-likeness (QED) is 0.854. The summed E-state index contributed by atoms with van der Waals surface area (Å²) < 4.78 is 10.4. The Bertz CT molecular complexity index is 438. The van der Waals surface area contributed by atoms with Crippen LogP contribution in [0.25, 0.3) is 0 Å². The van der Waals surface area contributed by atoms with Crippen molar-refractivity contribution in [2.24, 2.45) is 4.99 Å². The van der Waals surface area contributed by atoms with Crippen molar-refractivity contribution in [3.63, 3.8) is 0 Å². The molecule has 1 aliphatic rings. The van der Waals surface area contributed by atoms with Gasteiger partial charge in [0.1, 0.15) is 12.4 Å². The van der Waals surface area contributed by atoms with Gasteiger partial charge in [0.15, 0.2) is 0 Å². The van der Waals surface area contributed by atoms with Crippen molar-refractivity contribution in [3.05, 3.63) is 29.8 Å². The average Bonchev–Trinajstić information content (AvgIpc) is 2.77. The highest BCUT2D eigenvalue weighted by Crippen LogP contribution is 2.17. The molecule has 1 N–H and O–H groups in total. The smallest absolute Gasteiger partial charge is 0.305 e. The number of methoxy groups -OCH3 is 1. The molecule has 17 heavy (non-hydrogen) atoms. The lowest BCUT2D eigenvalue weighted by molar-refractivity contribution is -0.137. The lowest BCUT2D eigenvalue weighted by Gasteiger charge is -2.02. The van der Waals surface area contributed by atoms with Crippen LogP contribution in [0.15, 0.2) is 29.3 Å². The molecule has 90 valence electrons. The zero-order valence-corrected chi connectivity index (χ0v) is 9.42. The van der Waals surface area contributed by atoms with Gasteiger partial charge in [-0.15, -0.1) is 0 Å². The Labute approximate surface area is 98.7 Å². The van der Waals surface area contributed by atoms with E-state index in [2.05, 4.69) is 4.99 Å². The van der Waals surface area contributed by atoms with Crippen LogP contribution in [-0.4, -0.2) is 36.7 Å². The van der Waals surface area contributed by atoms with Crippen LogP contribution in [0.3, 0.4) is 0 Å². The summed E-state index contributed by atoms with van der Waals surface area (Å²) in [5, 5.41) is 8.66. The zero-order chi connectivity index (χ0) is 12.3. The summed E-state index contributed by atoms with van der Waals surface area (Å²) in [6.45, 7) is 0.327. The van der Waals surface area contributed by atoms with Gasteiger partial charge in [-0.05, 0) is 24.3 Å². The van der Waals surface area contributed by atoms with Crippen LogP contribution in [0.4, 0.5) is 0 Å². The topological polar surface area (TPSA) is 68.1 Å². The first-order valence-electron chi connectivity index (χ1n) is 5.26. The van der Waals surface area contributed by atoms with Gasteiger partial charge in [0.25, 0.3) is 0 Å². The number of carbonyl (C=O) groups is 1. The Morgan fingerprint density at radius 2 is 2.24 bits per heavy atom. The van der Waals surface area contributed by atoms with E-state index < -0.39 is 5.97 Å². The Hall–Kier alpha value is -2.04. The van der Waals surface area contributed by atoms with Gasteiger partial charge in [-0.2, -0.15) is 0 Å². The number of rotatable bonds is 4. The van der Waals surface area contributed by atoms with Gasteiger partial charge in [-0.3, -0.25) is 4.79 Å². The largest absolute Gasteiger partial charge is 0.497 e. The van der Waals surface area contributed by atoms with Crippen molar-refractivity contribution >= 4 is 11.9 Å². The molecule has 0 saturated heterocycles. The average molecular weight is 235 g/mol. The molecule has 0 aliphatic carbocycles. The van der Waals surface area contributed by atoms with Crippen molar-refractivity contribution in [3.8, 4) is 5.75 Å². The molecule has 0 aromatic heterocycles. The molecule has 1 heterocycles. The Balaban J connectivity index is 2.09. The fourth-order valence-electron chi connectivity index (χ4n) is 1.61. The van der Waals surface area contributed by atoms with E-state index in [0.29, 0.717) is 12.5 Å². The van der Waals surface area contributed by atoms with E-state index in [1.165, 1.54) is 0 Å². The van der Waals surface area contributed by atoms with Gasteiger partial charge in [0.05, 0.1) is 19.6 Å². The van der Waals surface area contributed by atoms with Gasteiger partial charge in [0.2, 0.25) is 5.90 Å². The van der Waals surface area contributed by atoms with E-state index in [9.17, 15) is 4.79 Å². The normalized spacial score (nSPS) is 18.4. The number of carboxylic acids is 1. The highest BCUT2D eigenvalue weighted by Gasteiger charge is 2.22. The molecule has 0 fully saturated rings. The molecule has 0 spiro atoms. The lowest BCUT2D eigenvalue weighted by Crippen LogP contribution is -2.12. The third-order valence-corrected chi connectivity index (χ3v) is 2.46. The number of aliphatic imine (C=N–C) groups is 1. The molecule has 1 aromatic carbocycles. The molecule has 5 nitrogen and oxygen atoms in total. The van der Waals surface area contributed by atoms with Crippen LogP contribution in [-0.2, 0) is 9.53 Å². The second-order valence-electron chi connectivity index (χ2n) is 3.73. The van der Waals surface area contributed by atoms with Gasteiger partial charge >= 0.3 is 5.97 Å². The van der Waals surface area contributed by atoms with Crippen LogP contribution >= 0.6 is 0 Å². The molecular weight excluding hydrogens is 222 g/mol. The number of nitrogens with zero attached hydrogens (tertiary/aromatic N) is 1. The van der Waals surface area contributed by atoms with Crippen LogP contribution in [0, 0.1) is 0 Å². The van der Waals surface area contributed by atoms with Crippen molar-refractivity contribution in [2.75, 3.05) is 13.7 Å². The minimum Gasteiger partial charge on any atom is -0.497 e. The highest BCUT2D eigenvalue weighted by atomic mass is 16.5. The minimum absolute atomic E-state index is 0.000343. The fraction of sp³-hybridized carbons (Fsp3) is 0.333. The predicted octanol–water partition coefficient (Wildman–Crippen LogP) is 1.32. The number of aliphatic carboxylic acids is 1. The van der Waals surface area contributed by atoms with Gasteiger partial charge < -0.3 is 14.6 Å². The summed E-state index contributed by atoms with van der Waals surface area (Å²) in [7, 11) is 1.60. The van der Waals surface area contributed by atoms with Crippen LogP contribution in [0.5, 0.6) is 5.75 Å². The molecule has 1 unspecified atom stereocenters. The number of hydrogen-bond donors (Lipinski definition) is 1. The number of ether oxygens (including phenoxy) is 2. The van der Waals surface area contributed by atoms with E-state index in [4.69, 9.17) is 14.6 Å². The second kappa shape index (κ2) is 4.86. The molecule has 1 aliphatic heterocycles. The SMILES string of the molecule is COc1ccc(C2=NC(CC(=O)O)CO2)cc1. The fourth-order valence-corrected chi connectivity index (χ4v) is 1.61. The number of benzene rings is 1. The maximum Gasteiger partial charge on any atom is 0.305 e. The van der Waals surface area contributed by atoms with Gasteiger partial charge in [0, 0.05) is 5.56 Å². The maximum absolute atomic E-state index is 10.5. The Morgan fingerprint density at radius 3 is 2.82 bits per heavy atom. The minimum atomic E-state index is -0.863. The predicted molar refractivity (Wildman–Crippen MR) is 61.5 cm³/mol. The standard InChI is InChI=1S/C12H13NO4/c1-16-10-4-2-8(3-5-10)12-13-9(7-17-12)6-11(14)15/h2-5,9H,6-7H2,1H3,(H,14,15). The van der Waals surface area contributed by atoms with Crippen molar-refractivity contribution in [2.45, 2.75) is 12.5 Å². The lowest BCUT2D eigenvalue weighted by atomic mass is 10.2. The van der Waals surface area contributed by atoms with Crippen LogP contribution in [0.1, 0.15) is 12.0 Å². The van der Waals surface area contributed by atoms with E-state index in [-0.39, 0.29) is 12.5 Å². The summed E-state index contributed by atoms with van der Waals surface area (Å²) in [6.07, 6.45) is -0.000343. The summed E-state index contributed by atoms with van der Waals surface area (Å²) in [5.74, 6) is 0.395. The summed E-state index contributed by atoms with van der Waals surface area (Å²) in [4.78, 5) is 14.8. The van der Waals surface area contributed by atoms with Gasteiger partial charge in [-0.1, -0.05) is 0 Å². The molecular formula is C12H13NO4. The molecule has 2 rings (SSSR count). The van der Waals surface area contributed by atoms with Crippen LogP contribution < -0.4 is 4.74 Å². The van der Waals surface area contributed by atoms with Crippen molar-refractivity contribution < 1.29 is 19.4 Å². The second-order valence-corrected chi connectivity index (χ2v) is 3.73. The Morgan fingerprint density at radius 1 is 1.53 bits per heavy atom. The first-order valence-corrected chi connectivity index (χ1v) is 5.26. The summed E-state index contributed by atoms with van der Waals surface area (Å²) in [5.41, 5.74) is 0.832. The third-order valence-electron chi connectivity index (χ3n) is 2.46. The highest BCUT2D eigenvalue weighted by molar-refractivity contribution is 5.95. The third kappa shape index (κ3) is 2.75.